The van der Waals surface area contributed by atoms with E-state index in [9.17, 15) is 0 Å². The molecule has 0 amide bonds. The number of aromatic nitrogens is 1. The fourth-order valence-corrected chi connectivity index (χ4v) is 1.07. The topological polar surface area (TPSA) is 12.9 Å². The molecule has 82 valence electrons. The molecular formula is C11H8Cl2NPt-. The molecule has 0 aliphatic heterocycles. The molecule has 2 rings (SSSR count). The Hall–Kier alpha value is -0.362. The summed E-state index contributed by atoms with van der Waals surface area (Å²) < 4.78 is 0. The molecule has 0 aliphatic carbocycles. The van der Waals surface area contributed by atoms with Crippen LogP contribution in [0.25, 0.3) is 11.3 Å². The number of benzene rings is 1. The van der Waals surface area contributed by atoms with Gasteiger partial charge in [0.15, 0.2) is 0 Å². The van der Waals surface area contributed by atoms with Crippen LogP contribution in [-0.4, -0.2) is 4.98 Å². The number of hydrogen-bond acceptors (Lipinski definition) is 1. The van der Waals surface area contributed by atoms with E-state index in [0.717, 1.165) is 11.3 Å². The van der Waals surface area contributed by atoms with Crippen LogP contribution in [0.4, 0.5) is 0 Å². The van der Waals surface area contributed by atoms with E-state index < -0.39 is 16.5 Å². The van der Waals surface area contributed by atoms with Crippen LogP contribution in [-0.2, 0) is 16.5 Å². The van der Waals surface area contributed by atoms with Crippen molar-refractivity contribution in [2.24, 2.45) is 0 Å². The molecule has 1 aromatic carbocycles. The average molecular weight is 420 g/mol. The Bertz CT molecular complexity index is 329. The van der Waals surface area contributed by atoms with Crippen molar-refractivity contribution in [2.45, 2.75) is 0 Å². The van der Waals surface area contributed by atoms with Crippen LogP contribution in [0.5, 0.6) is 0 Å². The van der Waals surface area contributed by atoms with Gasteiger partial charge in [-0.15, -0.1) is 35.9 Å². The summed E-state index contributed by atoms with van der Waals surface area (Å²) in [4.78, 5) is 4.22. The number of nitrogens with zero attached hydrogens (tertiary/aromatic N) is 1. The molecule has 0 spiro atoms. The Morgan fingerprint density at radius 1 is 1.07 bits per heavy atom. The molecule has 0 aliphatic rings. The summed E-state index contributed by atoms with van der Waals surface area (Å²) in [6.45, 7) is 0. The van der Waals surface area contributed by atoms with Gasteiger partial charge in [-0.2, -0.15) is 0 Å². The van der Waals surface area contributed by atoms with Gasteiger partial charge in [0.25, 0.3) is 0 Å². The maximum atomic E-state index is 4.88. The van der Waals surface area contributed by atoms with Crippen LogP contribution in [0.1, 0.15) is 0 Å². The third-order valence-electron chi connectivity index (χ3n) is 1.65. The first kappa shape index (κ1) is 12.7. The van der Waals surface area contributed by atoms with Crippen molar-refractivity contribution in [3.8, 4) is 11.3 Å². The summed E-state index contributed by atoms with van der Waals surface area (Å²) in [7, 11) is 9.75. The molecule has 0 unspecified atom stereocenters. The summed E-state index contributed by atoms with van der Waals surface area (Å²) in [5.74, 6) is 0. The number of rotatable bonds is 1. The van der Waals surface area contributed by atoms with Gasteiger partial charge in [-0.1, -0.05) is 12.1 Å². The Labute approximate surface area is 106 Å². The fraction of sp³-hybridized carbons (Fsp3) is 0. The summed E-state index contributed by atoms with van der Waals surface area (Å²) in [5.41, 5.74) is 2.01. The van der Waals surface area contributed by atoms with Crippen molar-refractivity contribution >= 4 is 18.8 Å². The summed E-state index contributed by atoms with van der Waals surface area (Å²) >= 11 is -0.472. The van der Waals surface area contributed by atoms with Gasteiger partial charge in [0.2, 0.25) is 0 Å². The van der Waals surface area contributed by atoms with Crippen molar-refractivity contribution in [3.05, 3.63) is 54.7 Å². The summed E-state index contributed by atoms with van der Waals surface area (Å²) in [6.07, 6.45) is 1.79. The van der Waals surface area contributed by atoms with Gasteiger partial charge in [-0.3, -0.25) is 0 Å². The molecule has 1 nitrogen and oxygen atoms in total. The SMILES string of the molecule is [Cl][Pt][Cl].[c-]1ccccc1-c1ccccn1. The molecule has 15 heavy (non-hydrogen) atoms. The molecule has 0 radical (unpaired) electrons. The van der Waals surface area contributed by atoms with Crippen LogP contribution in [0.2, 0.25) is 0 Å². The molecule has 0 saturated carbocycles. The van der Waals surface area contributed by atoms with Gasteiger partial charge in [0.05, 0.1) is 0 Å². The van der Waals surface area contributed by atoms with Gasteiger partial charge in [0, 0.05) is 6.20 Å². The van der Waals surface area contributed by atoms with E-state index in [0.29, 0.717) is 0 Å². The van der Waals surface area contributed by atoms with Crippen LogP contribution in [0.15, 0.2) is 48.7 Å². The van der Waals surface area contributed by atoms with Gasteiger partial charge < -0.3 is 4.98 Å². The largest absolute Gasteiger partial charge is 0.305 e. The van der Waals surface area contributed by atoms with Gasteiger partial charge in [0.1, 0.15) is 0 Å². The third kappa shape index (κ3) is 4.79. The number of halogens is 2. The standard InChI is InChI=1S/C11H8N.2ClH.Pt/c1-2-6-10(7-3-1)11-8-4-5-9-12-11;;;/h1-6,8-9H;2*1H;/q-1;;;+2/p-2. The molecule has 4 heteroatoms. The molecule has 0 bridgehead atoms. The van der Waals surface area contributed by atoms with E-state index in [1.165, 1.54) is 0 Å². The van der Waals surface area contributed by atoms with E-state index >= 15 is 0 Å². The minimum atomic E-state index is -0.472. The van der Waals surface area contributed by atoms with E-state index in [4.69, 9.17) is 18.8 Å². The molecule has 0 N–H and O–H groups in total. The zero-order chi connectivity index (χ0) is 10.9. The van der Waals surface area contributed by atoms with E-state index in [1.807, 2.05) is 42.5 Å². The van der Waals surface area contributed by atoms with Crippen molar-refractivity contribution in [1.29, 1.82) is 0 Å². The maximum absolute atomic E-state index is 4.88. The first-order valence-corrected chi connectivity index (χ1v) is 9.72. The average Bonchev–Trinajstić information content (AvgIpc) is 2.32. The van der Waals surface area contributed by atoms with E-state index in [-0.39, 0.29) is 0 Å². The van der Waals surface area contributed by atoms with Gasteiger partial charge >= 0.3 is 35.3 Å². The molecule has 0 atom stereocenters. The van der Waals surface area contributed by atoms with Crippen LogP contribution in [0.3, 0.4) is 0 Å². The first-order valence-electron chi connectivity index (χ1n) is 4.09. The maximum Gasteiger partial charge on any atom is 0.0160 e. The second-order valence-corrected chi connectivity index (χ2v) is 5.82. The second kappa shape index (κ2) is 7.87. The normalized spacial score (nSPS) is 9.20. The second-order valence-electron chi connectivity index (χ2n) is 2.54. The number of hydrogen-bond donors (Lipinski definition) is 0. The van der Waals surface area contributed by atoms with Crippen LogP contribution >= 0.6 is 18.8 Å². The quantitative estimate of drug-likeness (QED) is 0.638. The summed E-state index contributed by atoms with van der Waals surface area (Å²) in [5, 5.41) is 0. The zero-order valence-electron chi connectivity index (χ0n) is 7.64. The first-order chi connectivity index (χ1) is 7.38. The Morgan fingerprint density at radius 2 is 1.80 bits per heavy atom. The van der Waals surface area contributed by atoms with E-state index in [1.54, 1.807) is 6.20 Å². The molecule has 2 aromatic rings. The van der Waals surface area contributed by atoms with Gasteiger partial charge in [-0.25, -0.2) is 0 Å². The Kier molecular flexibility index (Phi) is 6.67. The monoisotopic (exact) mass is 419 g/mol. The Balaban J connectivity index is 0.000000337. The summed E-state index contributed by atoms with van der Waals surface area (Å²) in [6, 6.07) is 16.8. The zero-order valence-corrected chi connectivity index (χ0v) is 11.4. The molecular weight excluding hydrogens is 412 g/mol. The van der Waals surface area contributed by atoms with Crippen LogP contribution < -0.4 is 0 Å². The minimum absolute atomic E-state index is 0.472. The van der Waals surface area contributed by atoms with Crippen molar-refractivity contribution in [2.75, 3.05) is 0 Å². The predicted molar refractivity (Wildman–Crippen MR) is 60.2 cm³/mol. The minimum Gasteiger partial charge on any atom is -0.305 e. The molecule has 0 fully saturated rings. The van der Waals surface area contributed by atoms with E-state index in [2.05, 4.69) is 11.1 Å². The fourth-order valence-electron chi connectivity index (χ4n) is 1.07. The number of pyridine rings is 1. The van der Waals surface area contributed by atoms with Gasteiger partial charge in [-0.05, 0) is 11.8 Å². The van der Waals surface area contributed by atoms with Crippen molar-refractivity contribution < 1.29 is 16.5 Å². The molecule has 1 heterocycles. The molecule has 1 aromatic heterocycles. The smallest absolute Gasteiger partial charge is 0.0160 e. The predicted octanol–water partition coefficient (Wildman–Crippen LogP) is 3.93. The van der Waals surface area contributed by atoms with Crippen LogP contribution in [0, 0.1) is 6.07 Å². The Morgan fingerprint density at radius 3 is 2.33 bits per heavy atom. The van der Waals surface area contributed by atoms with Crippen molar-refractivity contribution in [1.82, 2.24) is 4.98 Å². The third-order valence-corrected chi connectivity index (χ3v) is 1.65. The molecule has 0 saturated heterocycles. The van der Waals surface area contributed by atoms with Crippen molar-refractivity contribution in [3.63, 3.8) is 0 Å².